The molecule has 0 atom stereocenters. The molecule has 0 aromatic heterocycles. The molecule has 23 heavy (non-hydrogen) atoms. The molecule has 0 N–H and O–H groups in total. The summed E-state index contributed by atoms with van der Waals surface area (Å²) in [5.74, 6) is 1.17. The maximum absolute atomic E-state index is 11.9. The minimum atomic E-state index is -0.215. The average molecular weight is 314 g/mol. The number of carbonyl (C=O) groups excluding carboxylic acids is 1. The molecule has 1 fully saturated rings. The van der Waals surface area contributed by atoms with Gasteiger partial charge in [0.1, 0.15) is 5.82 Å². The molecule has 4 nitrogen and oxygen atoms in total. The smallest absolute Gasteiger partial charge is 0.338 e. The molecule has 0 aliphatic carbocycles. The van der Waals surface area contributed by atoms with Gasteiger partial charge in [0, 0.05) is 26.2 Å². The second-order valence-corrected chi connectivity index (χ2v) is 6.30. The highest BCUT2D eigenvalue weighted by molar-refractivity contribution is 5.89. The summed E-state index contributed by atoms with van der Waals surface area (Å²) in [7, 11) is 0. The lowest BCUT2D eigenvalue weighted by Crippen LogP contribution is -2.39. The number of carbonyl (C=O) groups is 1. The van der Waals surface area contributed by atoms with E-state index in [1.165, 1.54) is 24.4 Å². The Morgan fingerprint density at radius 1 is 1.17 bits per heavy atom. The summed E-state index contributed by atoms with van der Waals surface area (Å²) in [6.45, 7) is 6.97. The van der Waals surface area contributed by atoms with E-state index in [9.17, 15) is 4.79 Å². The molecular formula is C19H26N2O2. The number of unbranched alkanes of at least 4 members (excludes halogenated alkanes) is 1. The molecule has 2 aliphatic rings. The lowest BCUT2D eigenvalue weighted by molar-refractivity contribution is 0.0499. The summed E-state index contributed by atoms with van der Waals surface area (Å²) in [5, 5.41) is 0. The second-order valence-electron chi connectivity index (χ2n) is 6.30. The Balaban J connectivity index is 1.58. The predicted octanol–water partition coefficient (Wildman–Crippen LogP) is 3.40. The van der Waals surface area contributed by atoms with Crippen LogP contribution in [-0.2, 0) is 11.3 Å². The number of benzene rings is 1. The maximum Gasteiger partial charge on any atom is 0.338 e. The first kappa shape index (κ1) is 15.9. The third-order valence-corrected chi connectivity index (χ3v) is 4.52. The SMILES string of the molecule is CCCCOC(=O)c1ccc(CN2CCCN3CCC=C32)cc1. The monoisotopic (exact) mass is 314 g/mol. The molecule has 0 spiro atoms. The molecule has 1 saturated heterocycles. The van der Waals surface area contributed by atoms with Crippen molar-refractivity contribution in [1.29, 1.82) is 0 Å². The van der Waals surface area contributed by atoms with Crippen LogP contribution >= 0.6 is 0 Å². The highest BCUT2D eigenvalue weighted by Crippen LogP contribution is 2.25. The first-order chi connectivity index (χ1) is 11.3. The van der Waals surface area contributed by atoms with Gasteiger partial charge in [-0.3, -0.25) is 0 Å². The minimum Gasteiger partial charge on any atom is -0.462 e. The molecule has 4 heteroatoms. The Kier molecular flexibility index (Phi) is 5.21. The highest BCUT2D eigenvalue weighted by atomic mass is 16.5. The number of fused-ring (bicyclic) bond motifs is 1. The summed E-state index contributed by atoms with van der Waals surface area (Å²) in [5.41, 5.74) is 1.88. The fourth-order valence-corrected chi connectivity index (χ4v) is 3.23. The summed E-state index contributed by atoms with van der Waals surface area (Å²) in [4.78, 5) is 16.8. The molecule has 2 heterocycles. The van der Waals surface area contributed by atoms with Gasteiger partial charge in [-0.25, -0.2) is 4.79 Å². The van der Waals surface area contributed by atoms with Crippen molar-refractivity contribution < 1.29 is 9.53 Å². The fourth-order valence-electron chi connectivity index (χ4n) is 3.23. The molecule has 3 rings (SSSR count). The van der Waals surface area contributed by atoms with Crippen LogP contribution in [0.2, 0.25) is 0 Å². The van der Waals surface area contributed by atoms with Crippen molar-refractivity contribution in [3.8, 4) is 0 Å². The molecule has 2 aliphatic heterocycles. The van der Waals surface area contributed by atoms with Crippen LogP contribution in [0.15, 0.2) is 36.2 Å². The van der Waals surface area contributed by atoms with Gasteiger partial charge in [0.05, 0.1) is 12.2 Å². The van der Waals surface area contributed by atoms with E-state index in [0.717, 1.165) is 38.9 Å². The number of rotatable bonds is 6. The Morgan fingerprint density at radius 3 is 2.78 bits per heavy atom. The predicted molar refractivity (Wildman–Crippen MR) is 90.9 cm³/mol. The van der Waals surface area contributed by atoms with Crippen LogP contribution in [0, 0.1) is 0 Å². The molecule has 1 aromatic rings. The van der Waals surface area contributed by atoms with E-state index in [-0.39, 0.29) is 5.97 Å². The lowest BCUT2D eigenvalue weighted by atomic mass is 10.1. The van der Waals surface area contributed by atoms with E-state index < -0.39 is 0 Å². The molecule has 0 saturated carbocycles. The highest BCUT2D eigenvalue weighted by Gasteiger charge is 2.24. The first-order valence-corrected chi connectivity index (χ1v) is 8.74. The van der Waals surface area contributed by atoms with Crippen LogP contribution in [0.3, 0.4) is 0 Å². The van der Waals surface area contributed by atoms with E-state index in [0.29, 0.717) is 12.2 Å². The number of ether oxygens (including phenoxy) is 1. The zero-order valence-corrected chi connectivity index (χ0v) is 14.0. The van der Waals surface area contributed by atoms with Crippen molar-refractivity contribution >= 4 is 5.97 Å². The van der Waals surface area contributed by atoms with Crippen LogP contribution in [0.1, 0.15) is 48.5 Å². The average Bonchev–Trinajstić information content (AvgIpc) is 3.05. The molecule has 0 radical (unpaired) electrons. The Labute approximate surface area is 138 Å². The fraction of sp³-hybridized carbons (Fsp3) is 0.526. The van der Waals surface area contributed by atoms with Crippen LogP contribution in [0.4, 0.5) is 0 Å². The Morgan fingerprint density at radius 2 is 2.00 bits per heavy atom. The van der Waals surface area contributed by atoms with Crippen molar-refractivity contribution in [3.05, 3.63) is 47.3 Å². The topological polar surface area (TPSA) is 32.8 Å². The third kappa shape index (κ3) is 3.87. The van der Waals surface area contributed by atoms with Gasteiger partial charge in [-0.15, -0.1) is 0 Å². The van der Waals surface area contributed by atoms with Gasteiger partial charge in [0.2, 0.25) is 0 Å². The van der Waals surface area contributed by atoms with Crippen molar-refractivity contribution in [3.63, 3.8) is 0 Å². The molecule has 124 valence electrons. The number of nitrogens with zero attached hydrogens (tertiary/aromatic N) is 2. The lowest BCUT2D eigenvalue weighted by Gasteiger charge is -2.38. The number of esters is 1. The third-order valence-electron chi connectivity index (χ3n) is 4.52. The van der Waals surface area contributed by atoms with Crippen molar-refractivity contribution in [2.75, 3.05) is 26.2 Å². The van der Waals surface area contributed by atoms with Gasteiger partial charge in [-0.2, -0.15) is 0 Å². The summed E-state index contributed by atoms with van der Waals surface area (Å²) >= 11 is 0. The minimum absolute atomic E-state index is 0.215. The first-order valence-electron chi connectivity index (χ1n) is 8.74. The van der Waals surface area contributed by atoms with Crippen LogP contribution in [-0.4, -0.2) is 42.0 Å². The van der Waals surface area contributed by atoms with Gasteiger partial charge in [-0.05, 0) is 43.0 Å². The quantitative estimate of drug-likeness (QED) is 0.595. The van der Waals surface area contributed by atoms with Gasteiger partial charge in [0.15, 0.2) is 0 Å². The summed E-state index contributed by atoms with van der Waals surface area (Å²) in [6, 6.07) is 7.86. The summed E-state index contributed by atoms with van der Waals surface area (Å²) < 4.78 is 5.25. The Hall–Kier alpha value is -1.97. The number of hydrogen-bond acceptors (Lipinski definition) is 4. The van der Waals surface area contributed by atoms with Crippen LogP contribution < -0.4 is 0 Å². The zero-order chi connectivity index (χ0) is 16.1. The van der Waals surface area contributed by atoms with Crippen molar-refractivity contribution in [2.24, 2.45) is 0 Å². The van der Waals surface area contributed by atoms with Gasteiger partial charge >= 0.3 is 5.97 Å². The van der Waals surface area contributed by atoms with Crippen LogP contribution in [0.5, 0.6) is 0 Å². The van der Waals surface area contributed by atoms with Gasteiger partial charge in [0.25, 0.3) is 0 Å². The maximum atomic E-state index is 11.9. The largest absolute Gasteiger partial charge is 0.462 e. The van der Waals surface area contributed by atoms with E-state index in [1.807, 2.05) is 24.3 Å². The molecule has 1 aromatic carbocycles. The van der Waals surface area contributed by atoms with Gasteiger partial charge in [-0.1, -0.05) is 25.5 Å². The van der Waals surface area contributed by atoms with E-state index in [4.69, 9.17) is 4.74 Å². The second kappa shape index (κ2) is 7.53. The van der Waals surface area contributed by atoms with Crippen LogP contribution in [0.25, 0.3) is 0 Å². The van der Waals surface area contributed by atoms with Gasteiger partial charge < -0.3 is 14.5 Å². The van der Waals surface area contributed by atoms with E-state index >= 15 is 0 Å². The molecule has 0 bridgehead atoms. The normalized spacial score (nSPS) is 17.0. The molecule has 0 amide bonds. The van der Waals surface area contributed by atoms with E-state index in [1.54, 1.807) is 0 Å². The molecular weight excluding hydrogens is 288 g/mol. The summed E-state index contributed by atoms with van der Waals surface area (Å²) in [6.07, 6.45) is 6.69. The molecule has 0 unspecified atom stereocenters. The number of hydrogen-bond donors (Lipinski definition) is 0. The standard InChI is InChI=1S/C19H26N2O2/c1-2-3-14-23-19(22)17-9-7-16(8-10-17)15-21-13-5-12-20-11-4-6-18(20)21/h6-10H,2-5,11-15H2,1H3. The zero-order valence-electron chi connectivity index (χ0n) is 14.0. The Bertz CT molecular complexity index is 565. The van der Waals surface area contributed by atoms with Crippen molar-refractivity contribution in [2.45, 2.75) is 39.2 Å². The van der Waals surface area contributed by atoms with Crippen molar-refractivity contribution in [1.82, 2.24) is 9.80 Å². The van der Waals surface area contributed by atoms with E-state index in [2.05, 4.69) is 22.8 Å².